The van der Waals surface area contributed by atoms with E-state index in [1.54, 1.807) is 4.57 Å². The van der Waals surface area contributed by atoms with Crippen LogP contribution in [-0.4, -0.2) is 20.6 Å². The average Bonchev–Trinajstić information content (AvgIpc) is 2.87. The maximum absolute atomic E-state index is 11.0. The molecule has 1 heterocycles. The highest BCUT2D eigenvalue weighted by Gasteiger charge is 2.24. The molecule has 5 heteroatoms. The Bertz CT molecular complexity index is 406. The Balaban J connectivity index is 2.47. The number of nitrogens with zero attached hydrogens (tertiary/aromatic N) is 2. The molecule has 1 saturated carbocycles. The van der Waals surface area contributed by atoms with E-state index in [-0.39, 0.29) is 5.56 Å². The van der Waals surface area contributed by atoms with E-state index in [4.69, 9.17) is 5.11 Å². The van der Waals surface area contributed by atoms with Crippen LogP contribution in [0.5, 0.6) is 0 Å². The summed E-state index contributed by atoms with van der Waals surface area (Å²) in [6.07, 6.45) is 4.81. The van der Waals surface area contributed by atoms with E-state index < -0.39 is 11.5 Å². The third-order valence-corrected chi connectivity index (χ3v) is 2.02. The fourth-order valence-electron chi connectivity index (χ4n) is 1.15. The number of hydrogen-bond acceptors (Lipinski definition) is 3. The van der Waals surface area contributed by atoms with Gasteiger partial charge in [-0.25, -0.2) is 4.79 Å². The highest BCUT2D eigenvalue weighted by molar-refractivity contribution is 5.86. The van der Waals surface area contributed by atoms with Gasteiger partial charge in [0.2, 0.25) is 0 Å². The Morgan fingerprint density at radius 1 is 1.62 bits per heavy atom. The Kier molecular flexibility index (Phi) is 1.65. The van der Waals surface area contributed by atoms with Gasteiger partial charge in [0, 0.05) is 12.2 Å². The predicted octanol–water partition coefficient (Wildman–Crippen LogP) is 0.276. The highest BCUT2D eigenvalue weighted by Crippen LogP contribution is 2.33. The van der Waals surface area contributed by atoms with E-state index in [0.717, 1.165) is 12.8 Å². The first kappa shape index (κ1) is 7.97. The zero-order valence-corrected chi connectivity index (χ0v) is 6.80. The topological polar surface area (TPSA) is 72.2 Å². The molecule has 0 spiro atoms. The molecule has 1 fully saturated rings. The quantitative estimate of drug-likeness (QED) is 0.709. The highest BCUT2D eigenvalue weighted by atomic mass is 16.4. The molecule has 5 nitrogen and oxygen atoms in total. The van der Waals surface area contributed by atoms with Gasteiger partial charge in [-0.05, 0) is 12.8 Å². The normalized spacial score (nSPS) is 15.7. The minimum Gasteiger partial charge on any atom is -0.477 e. The molecule has 2 rings (SSSR count). The number of aromatic carboxylic acids is 1. The van der Waals surface area contributed by atoms with Crippen molar-refractivity contribution in [2.24, 2.45) is 0 Å². The molecule has 1 N–H and O–H groups in total. The van der Waals surface area contributed by atoms with Crippen LogP contribution in [0.1, 0.15) is 29.2 Å². The Morgan fingerprint density at radius 3 is 2.85 bits per heavy atom. The molecule has 0 radical (unpaired) electrons. The summed E-state index contributed by atoms with van der Waals surface area (Å²) in [5.74, 6) is -1.22. The molecule has 1 aliphatic rings. The molecule has 1 aromatic rings. The van der Waals surface area contributed by atoms with Gasteiger partial charge in [0.05, 0.1) is 6.33 Å². The third kappa shape index (κ3) is 1.44. The van der Waals surface area contributed by atoms with Crippen LogP contribution in [0, 0.1) is 0 Å². The van der Waals surface area contributed by atoms with Gasteiger partial charge >= 0.3 is 5.97 Å². The lowest BCUT2D eigenvalue weighted by Gasteiger charge is -2.02. The number of aromatic nitrogens is 2. The van der Waals surface area contributed by atoms with Crippen molar-refractivity contribution < 1.29 is 9.90 Å². The Labute approximate surface area is 73.7 Å². The SMILES string of the molecule is O=C(O)c1cn(C2CC2)cnc1=O. The molecule has 0 aromatic carbocycles. The minimum atomic E-state index is -1.22. The van der Waals surface area contributed by atoms with Crippen molar-refractivity contribution in [2.75, 3.05) is 0 Å². The molecule has 0 saturated heterocycles. The van der Waals surface area contributed by atoms with E-state index in [1.807, 2.05) is 0 Å². The van der Waals surface area contributed by atoms with Crippen LogP contribution in [0.2, 0.25) is 0 Å². The Hall–Kier alpha value is -1.65. The molecule has 1 aromatic heterocycles. The number of hydrogen-bond donors (Lipinski definition) is 1. The number of carboxylic acids is 1. The maximum Gasteiger partial charge on any atom is 0.342 e. The summed E-state index contributed by atoms with van der Waals surface area (Å²) in [5.41, 5.74) is -0.932. The van der Waals surface area contributed by atoms with Crippen molar-refractivity contribution in [3.05, 3.63) is 28.4 Å². The summed E-state index contributed by atoms with van der Waals surface area (Å²) in [4.78, 5) is 25.0. The van der Waals surface area contributed by atoms with Crippen LogP contribution in [0.3, 0.4) is 0 Å². The van der Waals surface area contributed by atoms with E-state index in [9.17, 15) is 9.59 Å². The fourth-order valence-corrected chi connectivity index (χ4v) is 1.15. The van der Waals surface area contributed by atoms with Gasteiger partial charge in [-0.2, -0.15) is 4.98 Å². The molecular weight excluding hydrogens is 172 g/mol. The van der Waals surface area contributed by atoms with Crippen molar-refractivity contribution in [1.82, 2.24) is 9.55 Å². The van der Waals surface area contributed by atoms with Crippen LogP contribution in [0.15, 0.2) is 17.3 Å². The molecule has 68 valence electrons. The molecule has 1 aliphatic carbocycles. The standard InChI is InChI=1S/C8H8N2O3/c11-7-6(8(12)13)3-10(4-9-7)5-1-2-5/h3-5H,1-2H2,(H,12,13). The molecule has 0 amide bonds. The van der Waals surface area contributed by atoms with Crippen LogP contribution in [-0.2, 0) is 0 Å². The lowest BCUT2D eigenvalue weighted by Crippen LogP contribution is -2.19. The molecular formula is C8H8N2O3. The summed E-state index contributed by atoms with van der Waals surface area (Å²) in [6, 6.07) is 0.339. The van der Waals surface area contributed by atoms with Gasteiger partial charge in [-0.3, -0.25) is 4.79 Å². The van der Waals surface area contributed by atoms with Crippen LogP contribution >= 0.6 is 0 Å². The van der Waals surface area contributed by atoms with Crippen LogP contribution in [0.4, 0.5) is 0 Å². The van der Waals surface area contributed by atoms with Crippen molar-refractivity contribution in [2.45, 2.75) is 18.9 Å². The minimum absolute atomic E-state index is 0.255. The lowest BCUT2D eigenvalue weighted by atomic mass is 10.3. The molecule has 0 bridgehead atoms. The van der Waals surface area contributed by atoms with Crippen molar-refractivity contribution >= 4 is 5.97 Å². The van der Waals surface area contributed by atoms with Gasteiger partial charge in [0.15, 0.2) is 0 Å². The predicted molar refractivity (Wildman–Crippen MR) is 43.7 cm³/mol. The lowest BCUT2D eigenvalue weighted by molar-refractivity contribution is 0.0694. The van der Waals surface area contributed by atoms with E-state index >= 15 is 0 Å². The molecule has 0 aliphatic heterocycles. The summed E-state index contributed by atoms with van der Waals surface area (Å²) in [5, 5.41) is 8.64. The summed E-state index contributed by atoms with van der Waals surface area (Å²) in [6.45, 7) is 0. The first-order valence-corrected chi connectivity index (χ1v) is 3.99. The van der Waals surface area contributed by atoms with Crippen molar-refractivity contribution in [3.63, 3.8) is 0 Å². The fraction of sp³-hybridized carbons (Fsp3) is 0.375. The van der Waals surface area contributed by atoms with Gasteiger partial charge in [-0.15, -0.1) is 0 Å². The maximum atomic E-state index is 11.0. The van der Waals surface area contributed by atoms with Gasteiger partial charge in [0.25, 0.3) is 5.56 Å². The largest absolute Gasteiger partial charge is 0.477 e. The average molecular weight is 180 g/mol. The zero-order valence-electron chi connectivity index (χ0n) is 6.80. The summed E-state index contributed by atoms with van der Waals surface area (Å²) >= 11 is 0. The zero-order chi connectivity index (χ0) is 9.42. The second-order valence-electron chi connectivity index (χ2n) is 3.08. The van der Waals surface area contributed by atoms with Gasteiger partial charge in [0.1, 0.15) is 5.56 Å². The first-order valence-electron chi connectivity index (χ1n) is 3.99. The van der Waals surface area contributed by atoms with Crippen molar-refractivity contribution in [3.8, 4) is 0 Å². The summed E-state index contributed by atoms with van der Waals surface area (Å²) < 4.78 is 1.69. The number of carbonyl (C=O) groups is 1. The van der Waals surface area contributed by atoms with Gasteiger partial charge in [-0.1, -0.05) is 0 Å². The first-order chi connectivity index (χ1) is 6.18. The van der Waals surface area contributed by atoms with Gasteiger partial charge < -0.3 is 9.67 Å². The van der Waals surface area contributed by atoms with E-state index in [2.05, 4.69) is 4.98 Å². The van der Waals surface area contributed by atoms with Crippen LogP contribution < -0.4 is 5.56 Å². The number of rotatable bonds is 2. The monoisotopic (exact) mass is 180 g/mol. The second kappa shape index (κ2) is 2.69. The number of carboxylic acid groups (broad SMARTS) is 1. The molecule has 0 atom stereocenters. The third-order valence-electron chi connectivity index (χ3n) is 2.02. The second-order valence-corrected chi connectivity index (χ2v) is 3.08. The molecule has 0 unspecified atom stereocenters. The van der Waals surface area contributed by atoms with Crippen LogP contribution in [0.25, 0.3) is 0 Å². The molecule has 13 heavy (non-hydrogen) atoms. The smallest absolute Gasteiger partial charge is 0.342 e. The van der Waals surface area contributed by atoms with E-state index in [0.29, 0.717) is 6.04 Å². The summed E-state index contributed by atoms with van der Waals surface area (Å²) in [7, 11) is 0. The van der Waals surface area contributed by atoms with Crippen molar-refractivity contribution in [1.29, 1.82) is 0 Å². The Morgan fingerprint density at radius 2 is 2.31 bits per heavy atom. The van der Waals surface area contributed by atoms with E-state index in [1.165, 1.54) is 12.5 Å².